The van der Waals surface area contributed by atoms with Crippen LogP contribution in [-0.2, 0) is 16.0 Å². The number of esters is 1. The molecule has 0 aromatic carbocycles. The summed E-state index contributed by atoms with van der Waals surface area (Å²) in [4.78, 5) is 28.8. The zero-order valence-electron chi connectivity index (χ0n) is 14.8. The molecular formula is C18H23N3O4. The average Bonchev–Trinajstić information content (AvgIpc) is 3.34. The van der Waals surface area contributed by atoms with E-state index in [0.717, 1.165) is 25.0 Å². The molecule has 25 heavy (non-hydrogen) atoms. The van der Waals surface area contributed by atoms with Crippen molar-refractivity contribution in [1.82, 2.24) is 15.5 Å². The molecule has 134 valence electrons. The Balaban J connectivity index is 1.88. The maximum atomic E-state index is 12.6. The third-order valence-corrected chi connectivity index (χ3v) is 4.02. The van der Waals surface area contributed by atoms with Crippen LogP contribution in [-0.4, -0.2) is 34.7 Å². The number of carbonyl (C=O) groups excluding carboxylic acids is 2. The maximum Gasteiger partial charge on any atom is 0.339 e. The minimum Gasteiger partial charge on any atom is -0.452 e. The summed E-state index contributed by atoms with van der Waals surface area (Å²) in [6, 6.07) is 1.76. The monoisotopic (exact) mass is 345 g/mol. The number of aromatic nitrogens is 2. The first-order chi connectivity index (χ1) is 12.0. The lowest BCUT2D eigenvalue weighted by atomic mass is 10.1. The molecule has 7 nitrogen and oxygen atoms in total. The number of pyridine rings is 1. The minimum absolute atomic E-state index is 0.00506. The summed E-state index contributed by atoms with van der Waals surface area (Å²) in [6.07, 6.45) is 3.67. The number of hydrogen-bond donors (Lipinski definition) is 1. The molecule has 1 amide bonds. The Hall–Kier alpha value is -2.44. The van der Waals surface area contributed by atoms with Gasteiger partial charge in [-0.2, -0.15) is 0 Å². The Morgan fingerprint density at radius 1 is 1.40 bits per heavy atom. The molecule has 0 unspecified atom stereocenters. The van der Waals surface area contributed by atoms with Crippen LogP contribution in [0.4, 0.5) is 0 Å². The second-order valence-electron chi connectivity index (χ2n) is 6.73. The third-order valence-electron chi connectivity index (χ3n) is 4.02. The topological polar surface area (TPSA) is 94.3 Å². The molecule has 1 fully saturated rings. The molecule has 0 saturated heterocycles. The number of ether oxygens (including phenoxy) is 1. The first kappa shape index (κ1) is 17.4. The lowest BCUT2D eigenvalue weighted by molar-refractivity contribution is -0.124. The first-order valence-electron chi connectivity index (χ1n) is 8.75. The van der Waals surface area contributed by atoms with Gasteiger partial charge in [-0.15, -0.1) is 0 Å². The fraction of sp³-hybridized carbons (Fsp3) is 0.556. The second kappa shape index (κ2) is 7.21. The van der Waals surface area contributed by atoms with Gasteiger partial charge in [-0.3, -0.25) is 4.79 Å². The number of hydrogen-bond acceptors (Lipinski definition) is 6. The van der Waals surface area contributed by atoms with Crippen LogP contribution in [0.15, 0.2) is 10.6 Å². The van der Waals surface area contributed by atoms with Gasteiger partial charge in [0.1, 0.15) is 0 Å². The first-order valence-corrected chi connectivity index (χ1v) is 8.75. The van der Waals surface area contributed by atoms with Crippen molar-refractivity contribution in [3.8, 4) is 0 Å². The molecule has 0 atom stereocenters. The minimum atomic E-state index is -0.547. The van der Waals surface area contributed by atoms with E-state index in [1.54, 1.807) is 6.07 Å². The molecule has 2 heterocycles. The summed E-state index contributed by atoms with van der Waals surface area (Å²) in [5, 5.41) is 7.35. The van der Waals surface area contributed by atoms with E-state index >= 15 is 0 Å². The van der Waals surface area contributed by atoms with Gasteiger partial charge in [0.15, 0.2) is 6.61 Å². The highest BCUT2D eigenvalue weighted by Crippen LogP contribution is 2.40. The molecule has 1 N–H and O–H groups in total. The van der Waals surface area contributed by atoms with Crippen molar-refractivity contribution in [3.05, 3.63) is 23.0 Å². The molecule has 2 aromatic heterocycles. The van der Waals surface area contributed by atoms with Crippen LogP contribution in [0, 0.1) is 0 Å². The molecule has 1 saturated carbocycles. The van der Waals surface area contributed by atoms with Crippen LogP contribution in [0.3, 0.4) is 0 Å². The highest BCUT2D eigenvalue weighted by atomic mass is 16.5. The van der Waals surface area contributed by atoms with Crippen LogP contribution in [0.5, 0.6) is 0 Å². The Labute approximate surface area is 146 Å². The number of aryl methyl sites for hydroxylation is 1. The summed E-state index contributed by atoms with van der Waals surface area (Å²) >= 11 is 0. The van der Waals surface area contributed by atoms with Gasteiger partial charge in [0, 0.05) is 17.7 Å². The highest BCUT2D eigenvalue weighted by molar-refractivity contribution is 6.03. The second-order valence-corrected chi connectivity index (χ2v) is 6.73. The van der Waals surface area contributed by atoms with Crippen LogP contribution in [0.1, 0.15) is 67.7 Å². The zero-order valence-corrected chi connectivity index (χ0v) is 14.8. The summed E-state index contributed by atoms with van der Waals surface area (Å²) in [5.74, 6) is -0.510. The highest BCUT2D eigenvalue weighted by Gasteiger charge is 2.29. The molecule has 0 spiro atoms. The Morgan fingerprint density at radius 2 is 2.16 bits per heavy atom. The molecule has 3 rings (SSSR count). The summed E-state index contributed by atoms with van der Waals surface area (Å²) in [7, 11) is 0. The lowest BCUT2D eigenvalue weighted by Gasteiger charge is -2.10. The fourth-order valence-corrected chi connectivity index (χ4v) is 2.76. The lowest BCUT2D eigenvalue weighted by Crippen LogP contribution is -2.34. The molecule has 2 aromatic rings. The van der Waals surface area contributed by atoms with Gasteiger partial charge < -0.3 is 14.6 Å². The van der Waals surface area contributed by atoms with Crippen molar-refractivity contribution in [2.75, 3.05) is 6.61 Å². The number of nitrogens with zero attached hydrogens (tertiary/aromatic N) is 2. The van der Waals surface area contributed by atoms with E-state index in [9.17, 15) is 9.59 Å². The van der Waals surface area contributed by atoms with E-state index in [1.807, 2.05) is 20.8 Å². The zero-order chi connectivity index (χ0) is 18.0. The largest absolute Gasteiger partial charge is 0.452 e. The summed E-state index contributed by atoms with van der Waals surface area (Å²) in [5.41, 5.74) is 2.27. The van der Waals surface area contributed by atoms with Crippen LogP contribution in [0.2, 0.25) is 0 Å². The summed E-state index contributed by atoms with van der Waals surface area (Å²) in [6.45, 7) is 5.42. The Bertz CT molecular complexity index is 793. The number of fused-ring (bicyclic) bond motifs is 1. The molecular weight excluding hydrogens is 322 g/mol. The molecule has 7 heteroatoms. The number of carbonyl (C=O) groups is 2. The maximum absolute atomic E-state index is 12.6. The van der Waals surface area contributed by atoms with Crippen LogP contribution in [0.25, 0.3) is 11.1 Å². The standard InChI is InChI=1S/C18H23N3O4/c1-4-5-13-16-12(18(23)24-9-15(22)19-10(2)3)8-14(11-6-7-11)20-17(16)25-21-13/h8,10-11H,4-7,9H2,1-3H3,(H,19,22). The molecule has 0 bridgehead atoms. The third kappa shape index (κ3) is 3.97. The average molecular weight is 345 g/mol. The van der Waals surface area contributed by atoms with E-state index in [0.29, 0.717) is 34.7 Å². The van der Waals surface area contributed by atoms with Crippen molar-refractivity contribution >= 4 is 23.0 Å². The predicted octanol–water partition coefficient (Wildman–Crippen LogP) is 2.73. The van der Waals surface area contributed by atoms with Gasteiger partial charge in [-0.25, -0.2) is 9.78 Å². The van der Waals surface area contributed by atoms with Gasteiger partial charge in [0.25, 0.3) is 11.6 Å². The van der Waals surface area contributed by atoms with E-state index in [-0.39, 0.29) is 18.6 Å². The molecule has 0 radical (unpaired) electrons. The number of rotatable bonds is 7. The van der Waals surface area contributed by atoms with Crippen molar-refractivity contribution in [1.29, 1.82) is 0 Å². The summed E-state index contributed by atoms with van der Waals surface area (Å²) < 4.78 is 10.5. The van der Waals surface area contributed by atoms with E-state index in [4.69, 9.17) is 9.26 Å². The van der Waals surface area contributed by atoms with Gasteiger partial charge in [0.05, 0.1) is 16.6 Å². The van der Waals surface area contributed by atoms with Crippen molar-refractivity contribution in [2.45, 2.75) is 58.4 Å². The van der Waals surface area contributed by atoms with E-state index in [1.165, 1.54) is 0 Å². The van der Waals surface area contributed by atoms with E-state index in [2.05, 4.69) is 15.5 Å². The molecule has 1 aliphatic carbocycles. The Morgan fingerprint density at radius 3 is 2.80 bits per heavy atom. The smallest absolute Gasteiger partial charge is 0.339 e. The number of amides is 1. The fourth-order valence-electron chi connectivity index (χ4n) is 2.76. The van der Waals surface area contributed by atoms with Gasteiger partial charge in [-0.05, 0) is 39.2 Å². The van der Waals surface area contributed by atoms with Crippen molar-refractivity contribution in [3.63, 3.8) is 0 Å². The normalized spacial score (nSPS) is 14.1. The van der Waals surface area contributed by atoms with Crippen molar-refractivity contribution < 1.29 is 18.8 Å². The van der Waals surface area contributed by atoms with Crippen molar-refractivity contribution in [2.24, 2.45) is 0 Å². The van der Waals surface area contributed by atoms with Gasteiger partial charge in [-0.1, -0.05) is 18.5 Å². The van der Waals surface area contributed by atoms with Crippen LogP contribution < -0.4 is 5.32 Å². The Kier molecular flexibility index (Phi) is 5.01. The predicted molar refractivity (Wildman–Crippen MR) is 91.3 cm³/mol. The van der Waals surface area contributed by atoms with Gasteiger partial charge >= 0.3 is 5.97 Å². The number of nitrogens with one attached hydrogen (secondary N) is 1. The van der Waals surface area contributed by atoms with Gasteiger partial charge in [0.2, 0.25) is 0 Å². The molecule has 1 aliphatic rings. The quantitative estimate of drug-likeness (QED) is 0.775. The van der Waals surface area contributed by atoms with E-state index < -0.39 is 5.97 Å². The van der Waals surface area contributed by atoms with Crippen LogP contribution >= 0.6 is 0 Å². The SMILES string of the molecule is CCCc1noc2nc(C3CC3)cc(C(=O)OCC(=O)NC(C)C)c12. The molecule has 0 aliphatic heterocycles.